The van der Waals surface area contributed by atoms with E-state index in [-0.39, 0.29) is 29.7 Å². The van der Waals surface area contributed by atoms with Gasteiger partial charge in [0.05, 0.1) is 12.7 Å². The zero-order valence-corrected chi connectivity index (χ0v) is 15.1. The highest BCUT2D eigenvalue weighted by Crippen LogP contribution is 2.35. The largest absolute Gasteiger partial charge is 0.378 e. The zero-order chi connectivity index (χ0) is 17.9. The lowest BCUT2D eigenvalue weighted by Crippen LogP contribution is -2.54. The van der Waals surface area contributed by atoms with Crippen molar-refractivity contribution in [2.24, 2.45) is 11.8 Å². The molecule has 0 N–H and O–H groups in total. The maximum absolute atomic E-state index is 13.1. The van der Waals surface area contributed by atoms with Gasteiger partial charge in [-0.3, -0.25) is 14.5 Å². The Bertz CT molecular complexity index is 618. The van der Waals surface area contributed by atoms with Crippen molar-refractivity contribution >= 4 is 5.91 Å². The molecule has 3 saturated heterocycles. The number of carbonyl (C=O) groups is 1. The molecule has 3 atom stereocenters. The number of rotatable bonds is 3. The second kappa shape index (κ2) is 8.03. The van der Waals surface area contributed by atoms with Gasteiger partial charge >= 0.3 is 0 Å². The van der Waals surface area contributed by atoms with Gasteiger partial charge in [0.1, 0.15) is 5.82 Å². The molecule has 1 amide bonds. The van der Waals surface area contributed by atoms with Gasteiger partial charge in [-0.15, -0.1) is 0 Å². The van der Waals surface area contributed by atoms with Crippen molar-refractivity contribution < 1.29 is 18.8 Å². The van der Waals surface area contributed by atoms with E-state index in [0.29, 0.717) is 19.8 Å². The molecule has 1 aromatic carbocycles. The number of piperidine rings is 1. The molecule has 3 aliphatic rings. The number of nitrogens with zero attached hydrogens (tertiary/aromatic N) is 2. The third kappa shape index (κ3) is 3.92. The molecule has 1 aromatic rings. The summed E-state index contributed by atoms with van der Waals surface area (Å²) in [5.41, 5.74) is 1.10. The number of amides is 1. The first-order valence-electron chi connectivity index (χ1n) is 9.73. The van der Waals surface area contributed by atoms with Gasteiger partial charge < -0.3 is 4.74 Å². The Morgan fingerprint density at radius 1 is 1.12 bits per heavy atom. The minimum atomic E-state index is -0.208. The smallest absolute Gasteiger partial charge is 0.249 e. The summed E-state index contributed by atoms with van der Waals surface area (Å²) in [6, 6.07) is 6.68. The number of hydrogen-bond acceptors (Lipinski definition) is 4. The highest BCUT2D eigenvalue weighted by molar-refractivity contribution is 5.78. The number of halogens is 1. The first-order chi connectivity index (χ1) is 12.7. The van der Waals surface area contributed by atoms with Gasteiger partial charge in [-0.1, -0.05) is 12.1 Å². The van der Waals surface area contributed by atoms with Crippen LogP contribution in [-0.4, -0.2) is 54.8 Å². The second-order valence-corrected chi connectivity index (χ2v) is 7.60. The number of ether oxygens (including phenoxy) is 1. The topological polar surface area (TPSA) is 42.0 Å². The predicted octanol–water partition coefficient (Wildman–Crippen LogP) is 2.61. The predicted molar refractivity (Wildman–Crippen MR) is 94.5 cm³/mol. The van der Waals surface area contributed by atoms with Crippen molar-refractivity contribution in [2.45, 2.75) is 38.3 Å². The van der Waals surface area contributed by atoms with Gasteiger partial charge in [0.15, 0.2) is 0 Å². The zero-order valence-electron chi connectivity index (χ0n) is 15.1. The van der Waals surface area contributed by atoms with Crippen LogP contribution in [0.5, 0.6) is 0 Å². The summed E-state index contributed by atoms with van der Waals surface area (Å²) < 4.78 is 19.1. The van der Waals surface area contributed by atoms with Crippen LogP contribution >= 0.6 is 0 Å². The Labute approximate surface area is 154 Å². The lowest BCUT2D eigenvalue weighted by atomic mass is 9.78. The van der Waals surface area contributed by atoms with Gasteiger partial charge in [0.25, 0.3) is 0 Å². The fraction of sp³-hybridized carbons (Fsp3) is 0.650. The summed E-state index contributed by atoms with van der Waals surface area (Å²) in [5.74, 6) is 0.103. The number of hydrogen-bond donors (Lipinski definition) is 0. The van der Waals surface area contributed by atoms with Crippen LogP contribution in [0.25, 0.3) is 0 Å². The molecule has 0 aromatic heterocycles. The molecule has 3 aliphatic heterocycles. The van der Waals surface area contributed by atoms with E-state index in [9.17, 15) is 9.18 Å². The molecule has 142 valence electrons. The number of carbonyl (C=O) groups excluding carboxylic acids is 1. The molecule has 3 fully saturated rings. The third-order valence-electron chi connectivity index (χ3n) is 5.84. The lowest BCUT2D eigenvalue weighted by molar-refractivity contribution is -0.209. The summed E-state index contributed by atoms with van der Waals surface area (Å²) in [4.78, 5) is 21.0. The summed E-state index contributed by atoms with van der Waals surface area (Å²) in [5, 5.41) is 1.59. The van der Waals surface area contributed by atoms with Crippen LogP contribution in [-0.2, 0) is 20.9 Å². The first-order valence-corrected chi connectivity index (χ1v) is 9.73. The van der Waals surface area contributed by atoms with Gasteiger partial charge in [-0.25, -0.2) is 9.45 Å². The molecule has 6 heteroatoms. The van der Waals surface area contributed by atoms with E-state index in [4.69, 9.17) is 9.57 Å². The Morgan fingerprint density at radius 2 is 1.96 bits per heavy atom. The molecule has 0 unspecified atom stereocenters. The van der Waals surface area contributed by atoms with Crippen molar-refractivity contribution in [3.8, 4) is 0 Å². The molecular weight excluding hydrogens is 335 g/mol. The molecule has 0 radical (unpaired) electrons. The van der Waals surface area contributed by atoms with Crippen molar-refractivity contribution in [1.29, 1.82) is 0 Å². The average molecular weight is 362 g/mol. The van der Waals surface area contributed by atoms with Crippen LogP contribution in [0, 0.1) is 17.7 Å². The van der Waals surface area contributed by atoms with E-state index in [2.05, 4.69) is 4.90 Å². The molecule has 0 bridgehead atoms. The Kier molecular flexibility index (Phi) is 5.52. The van der Waals surface area contributed by atoms with Crippen molar-refractivity contribution in [3.05, 3.63) is 35.6 Å². The highest BCUT2D eigenvalue weighted by atomic mass is 19.1. The van der Waals surface area contributed by atoms with E-state index < -0.39 is 0 Å². The number of benzene rings is 1. The Morgan fingerprint density at radius 3 is 2.73 bits per heavy atom. The number of fused-ring (bicyclic) bond motifs is 1. The molecule has 4 rings (SSSR count). The summed E-state index contributed by atoms with van der Waals surface area (Å²) >= 11 is 0. The maximum atomic E-state index is 13.1. The molecule has 0 spiro atoms. The second-order valence-electron chi connectivity index (χ2n) is 7.60. The van der Waals surface area contributed by atoms with Crippen LogP contribution in [0.2, 0.25) is 0 Å². The quantitative estimate of drug-likeness (QED) is 0.829. The number of hydroxylamine groups is 2. The summed E-state index contributed by atoms with van der Waals surface area (Å²) in [7, 11) is 0. The third-order valence-corrected chi connectivity index (χ3v) is 5.84. The molecule has 26 heavy (non-hydrogen) atoms. The maximum Gasteiger partial charge on any atom is 0.249 e. The fourth-order valence-electron chi connectivity index (χ4n) is 4.44. The summed E-state index contributed by atoms with van der Waals surface area (Å²) in [6.45, 7) is 4.56. The van der Waals surface area contributed by atoms with Gasteiger partial charge in [-0.2, -0.15) is 0 Å². The van der Waals surface area contributed by atoms with Gasteiger partial charge in [0.2, 0.25) is 5.91 Å². The summed E-state index contributed by atoms with van der Waals surface area (Å²) in [6.07, 6.45) is 3.90. The molecule has 3 heterocycles. The van der Waals surface area contributed by atoms with E-state index in [1.54, 1.807) is 5.06 Å². The van der Waals surface area contributed by atoms with Crippen molar-refractivity contribution in [2.75, 3.05) is 32.8 Å². The molecule has 0 aliphatic carbocycles. The van der Waals surface area contributed by atoms with E-state index in [1.807, 2.05) is 12.1 Å². The van der Waals surface area contributed by atoms with E-state index in [0.717, 1.165) is 50.9 Å². The first kappa shape index (κ1) is 17.9. The van der Waals surface area contributed by atoms with Crippen molar-refractivity contribution in [3.63, 3.8) is 0 Å². The molecule has 5 nitrogen and oxygen atoms in total. The fourth-order valence-corrected chi connectivity index (χ4v) is 4.44. The van der Waals surface area contributed by atoms with Gasteiger partial charge in [0, 0.05) is 44.6 Å². The SMILES string of the molecule is O=C([C@@H]1CCO[C@@H]2CCN(Cc3ccc(F)cc3)C[C@H]21)N1CCCCO1. The number of likely N-dealkylation sites (tertiary alicyclic amines) is 1. The monoisotopic (exact) mass is 362 g/mol. The van der Waals surface area contributed by atoms with Crippen LogP contribution in [0.15, 0.2) is 24.3 Å². The van der Waals surface area contributed by atoms with Crippen molar-refractivity contribution in [1.82, 2.24) is 9.96 Å². The highest BCUT2D eigenvalue weighted by Gasteiger charge is 2.43. The van der Waals surface area contributed by atoms with Gasteiger partial charge in [-0.05, 0) is 43.4 Å². The van der Waals surface area contributed by atoms with E-state index in [1.165, 1.54) is 12.1 Å². The standard InChI is InChI=1S/C20H27FN2O3/c21-16-5-3-15(4-6-16)13-22-10-7-19-18(14-22)17(8-12-25-19)20(24)23-9-1-2-11-26-23/h3-6,17-19H,1-2,7-14H2/t17-,18+,19-/m1/s1. The normalized spacial score (nSPS) is 30.0. The van der Waals surface area contributed by atoms with Crippen LogP contribution in [0.4, 0.5) is 4.39 Å². The minimum absolute atomic E-state index is 0.0251. The molecule has 0 saturated carbocycles. The minimum Gasteiger partial charge on any atom is -0.378 e. The van der Waals surface area contributed by atoms with Crippen LogP contribution in [0.1, 0.15) is 31.2 Å². The van der Waals surface area contributed by atoms with Crippen LogP contribution < -0.4 is 0 Å². The van der Waals surface area contributed by atoms with E-state index >= 15 is 0 Å². The lowest BCUT2D eigenvalue weighted by Gasteiger charge is -2.45. The Balaban J connectivity index is 1.42. The Hall–Kier alpha value is -1.50. The molecular formula is C20H27FN2O3. The average Bonchev–Trinajstić information content (AvgIpc) is 2.69. The van der Waals surface area contributed by atoms with Crippen LogP contribution in [0.3, 0.4) is 0 Å².